The number of carbonyl (C=O) groups excluding carboxylic acids is 1. The van der Waals surface area contributed by atoms with E-state index in [-0.39, 0.29) is 5.91 Å². The zero-order chi connectivity index (χ0) is 18.8. The first-order valence-corrected chi connectivity index (χ1v) is 9.73. The smallest absolute Gasteiger partial charge is 0.247 e. The van der Waals surface area contributed by atoms with Crippen molar-refractivity contribution >= 4 is 23.5 Å². The molecule has 2 aliphatic heterocycles. The van der Waals surface area contributed by atoms with Crippen molar-refractivity contribution in [1.82, 2.24) is 10.4 Å². The van der Waals surface area contributed by atoms with Gasteiger partial charge in [0.25, 0.3) is 0 Å². The molecule has 6 heteroatoms. The molecule has 0 radical (unpaired) electrons. The summed E-state index contributed by atoms with van der Waals surface area (Å²) in [4.78, 5) is 23.2. The van der Waals surface area contributed by atoms with Crippen LogP contribution < -0.4 is 5.48 Å². The van der Waals surface area contributed by atoms with E-state index in [2.05, 4.69) is 58.4 Å². The van der Waals surface area contributed by atoms with Gasteiger partial charge in [-0.1, -0.05) is 36.0 Å². The Morgan fingerprint density at radius 3 is 2.77 bits per heavy atom. The van der Waals surface area contributed by atoms with Crippen LogP contribution in [-0.4, -0.2) is 36.8 Å². The molecule has 26 heavy (non-hydrogen) atoms. The molecule has 1 amide bonds. The van der Waals surface area contributed by atoms with E-state index in [4.69, 9.17) is 4.99 Å². The first kappa shape index (κ1) is 20.3. The summed E-state index contributed by atoms with van der Waals surface area (Å²) in [6.45, 7) is 7.74. The number of hydrogen-bond donors (Lipinski definition) is 1. The summed E-state index contributed by atoms with van der Waals surface area (Å²) in [5.74, 6) is 0.992. The van der Waals surface area contributed by atoms with Crippen LogP contribution in [0.25, 0.3) is 0 Å². The summed E-state index contributed by atoms with van der Waals surface area (Å²) in [6, 6.07) is 8.60. The number of thioether (sulfide) groups is 1. The van der Waals surface area contributed by atoms with Crippen molar-refractivity contribution in [1.29, 1.82) is 0 Å². The minimum absolute atomic E-state index is 0.178. The quantitative estimate of drug-likeness (QED) is 0.639. The number of aliphatic imine (C=N–C) groups is 1. The maximum Gasteiger partial charge on any atom is 0.247 e. The van der Waals surface area contributed by atoms with Gasteiger partial charge in [0.15, 0.2) is 0 Å². The lowest BCUT2D eigenvalue weighted by Crippen LogP contribution is -2.36. The van der Waals surface area contributed by atoms with Crippen LogP contribution in [0.15, 0.2) is 57.9 Å². The second-order valence-corrected chi connectivity index (χ2v) is 6.99. The number of piperidine rings is 1. The van der Waals surface area contributed by atoms with E-state index in [9.17, 15) is 4.79 Å². The van der Waals surface area contributed by atoms with Crippen molar-refractivity contribution < 1.29 is 9.63 Å². The predicted octanol–water partition coefficient (Wildman–Crippen LogP) is 4.13. The fourth-order valence-electron chi connectivity index (χ4n) is 2.79. The monoisotopic (exact) mass is 373 g/mol. The van der Waals surface area contributed by atoms with Crippen molar-refractivity contribution in [2.45, 2.75) is 37.5 Å². The topological polar surface area (TPSA) is 53.9 Å². The summed E-state index contributed by atoms with van der Waals surface area (Å²) < 4.78 is 0. The van der Waals surface area contributed by atoms with Crippen LogP contribution in [0.4, 0.5) is 0 Å². The van der Waals surface area contributed by atoms with Gasteiger partial charge < -0.3 is 4.90 Å². The molecule has 1 aromatic rings. The van der Waals surface area contributed by atoms with Gasteiger partial charge in [-0.3, -0.25) is 9.63 Å². The molecule has 1 aromatic carbocycles. The van der Waals surface area contributed by atoms with Gasteiger partial charge in [-0.15, -0.1) is 6.58 Å². The number of nitrogens with zero attached hydrogens (tertiary/aromatic N) is 2. The fraction of sp³-hybridized carbons (Fsp3) is 0.400. The van der Waals surface area contributed by atoms with Gasteiger partial charge in [-0.05, 0) is 37.7 Å². The number of allylic oxidation sites excluding steroid dienone is 1. The minimum Gasteiger partial charge on any atom is -0.356 e. The second-order valence-electron chi connectivity index (χ2n) is 6.08. The molecule has 1 fully saturated rings. The molecular weight excluding hydrogens is 346 g/mol. The summed E-state index contributed by atoms with van der Waals surface area (Å²) >= 11 is 1.78. The Hall–Kier alpha value is -2.05. The SMILES string of the molecule is C=CCC(=O)NOC.CC1=CSc2ccccc2C(N2CCCCC2)=N1. The Labute approximate surface area is 160 Å². The Morgan fingerprint density at radius 2 is 2.08 bits per heavy atom. The van der Waals surface area contributed by atoms with Crippen molar-refractivity contribution in [3.8, 4) is 0 Å². The number of nitrogens with one attached hydrogen (secondary N) is 1. The number of likely N-dealkylation sites (tertiary alicyclic amines) is 1. The van der Waals surface area contributed by atoms with Crippen LogP contribution in [0.2, 0.25) is 0 Å². The summed E-state index contributed by atoms with van der Waals surface area (Å²) in [5.41, 5.74) is 4.53. The lowest BCUT2D eigenvalue weighted by molar-refractivity contribution is -0.130. The highest BCUT2D eigenvalue weighted by molar-refractivity contribution is 8.02. The predicted molar refractivity (Wildman–Crippen MR) is 108 cm³/mol. The first-order chi connectivity index (χ1) is 12.7. The Balaban J connectivity index is 0.000000260. The lowest BCUT2D eigenvalue weighted by atomic mass is 10.1. The van der Waals surface area contributed by atoms with Crippen LogP contribution >= 0.6 is 11.8 Å². The number of fused-ring (bicyclic) bond motifs is 1. The molecule has 0 aliphatic carbocycles. The number of amides is 1. The average Bonchev–Trinajstić information content (AvgIpc) is 2.83. The zero-order valence-electron chi connectivity index (χ0n) is 15.5. The van der Waals surface area contributed by atoms with Gasteiger partial charge in [0.05, 0.1) is 7.11 Å². The molecular formula is C20H27N3O2S. The second kappa shape index (κ2) is 10.8. The van der Waals surface area contributed by atoms with Gasteiger partial charge >= 0.3 is 0 Å². The van der Waals surface area contributed by atoms with Gasteiger partial charge in [0, 0.05) is 35.7 Å². The Bertz CT molecular complexity index is 679. The number of benzene rings is 1. The van der Waals surface area contributed by atoms with E-state index >= 15 is 0 Å². The molecule has 0 aromatic heterocycles. The first-order valence-electron chi connectivity index (χ1n) is 8.85. The number of carbonyl (C=O) groups is 1. The van der Waals surface area contributed by atoms with Gasteiger partial charge in [0.1, 0.15) is 5.84 Å². The molecule has 3 rings (SSSR count). The van der Waals surface area contributed by atoms with Crippen molar-refractivity contribution in [3.63, 3.8) is 0 Å². The summed E-state index contributed by atoms with van der Waals surface area (Å²) in [6.07, 6.45) is 5.74. The van der Waals surface area contributed by atoms with Crippen molar-refractivity contribution in [2.75, 3.05) is 20.2 Å². The Morgan fingerprint density at radius 1 is 1.35 bits per heavy atom. The zero-order valence-corrected chi connectivity index (χ0v) is 16.3. The lowest BCUT2D eigenvalue weighted by Gasteiger charge is -2.30. The maximum absolute atomic E-state index is 10.3. The van der Waals surface area contributed by atoms with Gasteiger partial charge in [0.2, 0.25) is 5.91 Å². The summed E-state index contributed by atoms with van der Waals surface area (Å²) in [7, 11) is 1.39. The maximum atomic E-state index is 10.3. The number of hydroxylamine groups is 1. The van der Waals surface area contributed by atoms with E-state index in [1.807, 2.05) is 0 Å². The van der Waals surface area contributed by atoms with Crippen LogP contribution in [0.5, 0.6) is 0 Å². The van der Waals surface area contributed by atoms with Crippen LogP contribution in [-0.2, 0) is 9.63 Å². The minimum atomic E-state index is -0.178. The highest BCUT2D eigenvalue weighted by Crippen LogP contribution is 2.30. The van der Waals surface area contributed by atoms with Crippen LogP contribution in [0.1, 0.15) is 38.2 Å². The van der Waals surface area contributed by atoms with Crippen LogP contribution in [0, 0.1) is 0 Å². The highest BCUT2D eigenvalue weighted by atomic mass is 32.2. The number of hydrogen-bond acceptors (Lipinski definition) is 5. The molecule has 2 aliphatic rings. The molecule has 0 unspecified atom stereocenters. The average molecular weight is 374 g/mol. The molecule has 5 nitrogen and oxygen atoms in total. The largest absolute Gasteiger partial charge is 0.356 e. The molecule has 140 valence electrons. The molecule has 0 spiro atoms. The molecule has 0 atom stereocenters. The normalized spacial score (nSPS) is 16.2. The fourth-order valence-corrected chi connectivity index (χ4v) is 3.58. The molecule has 0 bridgehead atoms. The molecule has 1 saturated heterocycles. The number of amidine groups is 1. The molecule has 2 heterocycles. The van der Waals surface area contributed by atoms with Crippen LogP contribution in [0.3, 0.4) is 0 Å². The van der Waals surface area contributed by atoms with Crippen molar-refractivity contribution in [2.24, 2.45) is 4.99 Å². The van der Waals surface area contributed by atoms with Gasteiger partial charge in [-0.25, -0.2) is 10.5 Å². The van der Waals surface area contributed by atoms with E-state index in [0.29, 0.717) is 6.42 Å². The van der Waals surface area contributed by atoms with E-state index in [1.54, 1.807) is 11.8 Å². The van der Waals surface area contributed by atoms with E-state index in [0.717, 1.165) is 18.8 Å². The molecule has 0 saturated carbocycles. The third kappa shape index (κ3) is 6.04. The van der Waals surface area contributed by atoms with E-state index in [1.165, 1.54) is 48.7 Å². The Kier molecular flexibility index (Phi) is 8.44. The van der Waals surface area contributed by atoms with E-state index < -0.39 is 0 Å². The number of rotatable bonds is 3. The third-order valence-corrected chi connectivity index (χ3v) is 5.04. The summed E-state index contributed by atoms with van der Waals surface area (Å²) in [5, 5.41) is 2.15. The van der Waals surface area contributed by atoms with Crippen molar-refractivity contribution in [3.05, 3.63) is 53.6 Å². The highest BCUT2D eigenvalue weighted by Gasteiger charge is 2.20. The molecule has 1 N–H and O–H groups in total. The standard InChI is InChI=1S/C15H18N2S.C5H9NO2/c1-12-11-18-14-8-4-3-7-13(14)15(16-12)17-9-5-2-6-10-17;1-3-4-5(7)6-8-2/h3-4,7-8,11H,2,5-6,9-10H2,1H3;3H,1,4H2,2H3,(H,6,7). The third-order valence-electron chi connectivity index (χ3n) is 3.97. The van der Waals surface area contributed by atoms with Gasteiger partial charge in [-0.2, -0.15) is 0 Å².